The van der Waals surface area contributed by atoms with Gasteiger partial charge in [-0.3, -0.25) is 9.59 Å². The van der Waals surface area contributed by atoms with Crippen molar-refractivity contribution in [1.82, 2.24) is 25.2 Å². The fraction of sp³-hybridized carbons (Fsp3) is 0.250. The monoisotopic (exact) mass is 431 g/mol. The molecule has 0 saturated carbocycles. The molecule has 164 valence electrons. The highest BCUT2D eigenvalue weighted by Gasteiger charge is 2.33. The third kappa shape index (κ3) is 4.54. The highest BCUT2D eigenvalue weighted by Crippen LogP contribution is 2.25. The van der Waals surface area contributed by atoms with Crippen molar-refractivity contribution in [2.24, 2.45) is 0 Å². The number of aromatic nitrogens is 3. The molecule has 0 fully saturated rings. The van der Waals surface area contributed by atoms with E-state index in [-0.39, 0.29) is 30.9 Å². The fourth-order valence-electron chi connectivity index (χ4n) is 3.73. The number of para-hydroxylation sites is 1. The molecule has 1 N–H and O–H groups in total. The Balaban J connectivity index is 1.62. The van der Waals surface area contributed by atoms with Crippen molar-refractivity contribution in [1.29, 1.82) is 0 Å². The zero-order valence-corrected chi connectivity index (χ0v) is 18.0. The lowest BCUT2D eigenvalue weighted by Crippen LogP contribution is -2.48. The first-order valence-corrected chi connectivity index (χ1v) is 10.5. The van der Waals surface area contributed by atoms with Gasteiger partial charge in [-0.2, -0.15) is 0 Å². The first-order valence-electron chi connectivity index (χ1n) is 10.5. The number of carbonyl (C=O) groups is 2. The van der Waals surface area contributed by atoms with Gasteiger partial charge in [0.2, 0.25) is 11.8 Å². The molecule has 0 radical (unpaired) electrons. The van der Waals surface area contributed by atoms with Crippen LogP contribution in [0.3, 0.4) is 0 Å². The van der Waals surface area contributed by atoms with Gasteiger partial charge in [0.1, 0.15) is 23.9 Å². The van der Waals surface area contributed by atoms with Gasteiger partial charge in [-0.05, 0) is 43.7 Å². The van der Waals surface area contributed by atoms with E-state index in [0.29, 0.717) is 11.3 Å². The summed E-state index contributed by atoms with van der Waals surface area (Å²) in [6.45, 7) is 4.01. The third-order valence-corrected chi connectivity index (χ3v) is 5.21. The van der Waals surface area contributed by atoms with Crippen LogP contribution in [0.1, 0.15) is 31.2 Å². The maximum atomic E-state index is 13.5. The summed E-state index contributed by atoms with van der Waals surface area (Å²) in [5.41, 5.74) is 2.21. The molecule has 0 bridgehead atoms. The molecule has 2 aromatic carbocycles. The summed E-state index contributed by atoms with van der Waals surface area (Å²) in [6.07, 6.45) is 1.56. The highest BCUT2D eigenvalue weighted by molar-refractivity contribution is 5.89. The van der Waals surface area contributed by atoms with Crippen LogP contribution in [0.5, 0.6) is 0 Å². The van der Waals surface area contributed by atoms with Crippen LogP contribution < -0.4 is 5.32 Å². The van der Waals surface area contributed by atoms with Gasteiger partial charge in [-0.15, -0.1) is 5.10 Å². The van der Waals surface area contributed by atoms with Gasteiger partial charge in [0.15, 0.2) is 0 Å². The molecule has 0 aliphatic carbocycles. The Bertz CT molecular complexity index is 1180. The topological polar surface area (TPSA) is 93.3 Å². The third-order valence-electron chi connectivity index (χ3n) is 5.21. The van der Waals surface area contributed by atoms with E-state index in [0.717, 1.165) is 11.1 Å². The van der Waals surface area contributed by atoms with Gasteiger partial charge >= 0.3 is 0 Å². The summed E-state index contributed by atoms with van der Waals surface area (Å²) < 4.78 is 6.89. The summed E-state index contributed by atoms with van der Waals surface area (Å²) in [6, 6.07) is 19.3. The molecule has 8 heteroatoms. The number of nitrogens with one attached hydrogen (secondary N) is 1. The second kappa shape index (κ2) is 9.47. The highest BCUT2D eigenvalue weighted by atomic mass is 16.3. The number of amides is 2. The number of benzene rings is 2. The maximum Gasteiger partial charge on any atom is 0.247 e. The van der Waals surface area contributed by atoms with Crippen LogP contribution in [0.2, 0.25) is 0 Å². The van der Waals surface area contributed by atoms with Crippen molar-refractivity contribution < 1.29 is 14.0 Å². The van der Waals surface area contributed by atoms with Crippen molar-refractivity contribution in [3.8, 4) is 0 Å². The van der Waals surface area contributed by atoms with E-state index in [1.807, 2.05) is 68.4 Å². The Hall–Kier alpha value is -3.94. The zero-order chi connectivity index (χ0) is 22.5. The molecular weight excluding hydrogens is 406 g/mol. The minimum absolute atomic E-state index is 0.0203. The molecule has 0 saturated heterocycles. The molecule has 0 aliphatic heterocycles. The minimum Gasteiger partial charge on any atom is -0.467 e. The molecule has 0 unspecified atom stereocenters. The van der Waals surface area contributed by atoms with E-state index in [2.05, 4.69) is 15.6 Å². The van der Waals surface area contributed by atoms with Crippen LogP contribution in [0.25, 0.3) is 11.0 Å². The average Bonchev–Trinajstić information content (AvgIpc) is 3.46. The number of carbonyl (C=O) groups excluding carboxylic acids is 2. The normalized spacial score (nSPS) is 12.1. The fourth-order valence-corrected chi connectivity index (χ4v) is 3.73. The van der Waals surface area contributed by atoms with Crippen molar-refractivity contribution >= 4 is 22.8 Å². The molecule has 2 aromatic heterocycles. The van der Waals surface area contributed by atoms with E-state index in [1.54, 1.807) is 28.0 Å². The smallest absolute Gasteiger partial charge is 0.247 e. The second-order valence-electron chi connectivity index (χ2n) is 7.74. The maximum absolute atomic E-state index is 13.5. The first kappa shape index (κ1) is 21.3. The van der Waals surface area contributed by atoms with Gasteiger partial charge in [-0.1, -0.05) is 47.7 Å². The lowest BCUT2D eigenvalue weighted by molar-refractivity contribution is -0.143. The molecule has 0 aliphatic rings. The molecule has 2 amide bonds. The molecule has 4 rings (SSSR count). The van der Waals surface area contributed by atoms with Crippen LogP contribution in [-0.2, 0) is 22.7 Å². The molecule has 32 heavy (non-hydrogen) atoms. The van der Waals surface area contributed by atoms with Crippen LogP contribution >= 0.6 is 0 Å². The number of rotatable bonds is 8. The van der Waals surface area contributed by atoms with Crippen LogP contribution in [-0.4, -0.2) is 37.7 Å². The predicted molar refractivity (Wildman–Crippen MR) is 119 cm³/mol. The Morgan fingerprint density at radius 2 is 1.78 bits per heavy atom. The lowest BCUT2D eigenvalue weighted by Gasteiger charge is -2.34. The van der Waals surface area contributed by atoms with E-state index >= 15 is 0 Å². The lowest BCUT2D eigenvalue weighted by atomic mass is 10.0. The van der Waals surface area contributed by atoms with Crippen molar-refractivity contribution in [2.75, 3.05) is 0 Å². The van der Waals surface area contributed by atoms with Gasteiger partial charge < -0.3 is 14.6 Å². The number of furan rings is 1. The Labute approximate surface area is 185 Å². The summed E-state index contributed by atoms with van der Waals surface area (Å²) in [7, 11) is 0. The quantitative estimate of drug-likeness (QED) is 0.462. The molecule has 4 aromatic rings. The Morgan fingerprint density at radius 3 is 2.50 bits per heavy atom. The van der Waals surface area contributed by atoms with Gasteiger partial charge in [0.05, 0.1) is 18.3 Å². The predicted octanol–water partition coefficient (Wildman–Crippen LogP) is 3.32. The number of hydrogen-bond donors (Lipinski definition) is 1. The van der Waals surface area contributed by atoms with Crippen LogP contribution in [0.4, 0.5) is 0 Å². The SMILES string of the molecule is CC(C)N(C(=O)Cn1nnc2ccccc21)[C@H](C(=O)NCc1ccco1)c1ccccc1. The molecule has 1 atom stereocenters. The second-order valence-corrected chi connectivity index (χ2v) is 7.74. The molecule has 0 spiro atoms. The van der Waals surface area contributed by atoms with Gasteiger partial charge in [0, 0.05) is 6.04 Å². The van der Waals surface area contributed by atoms with Crippen molar-refractivity contribution in [3.63, 3.8) is 0 Å². The van der Waals surface area contributed by atoms with Crippen molar-refractivity contribution in [3.05, 3.63) is 84.3 Å². The zero-order valence-electron chi connectivity index (χ0n) is 18.0. The standard InChI is InChI=1S/C24H25N5O3/c1-17(2)29(22(30)16-28-21-13-7-6-12-20(21)26-27-28)23(18-9-4-3-5-10-18)24(31)25-15-19-11-8-14-32-19/h3-14,17,23H,15-16H2,1-2H3,(H,25,31)/t23-/m0/s1. The number of nitrogens with zero attached hydrogens (tertiary/aromatic N) is 4. The molecule has 2 heterocycles. The number of fused-ring (bicyclic) bond motifs is 1. The van der Waals surface area contributed by atoms with Crippen molar-refractivity contribution in [2.45, 2.75) is 39.0 Å². The summed E-state index contributed by atoms with van der Waals surface area (Å²) in [5.74, 6) is 0.137. The van der Waals surface area contributed by atoms with Gasteiger partial charge in [-0.25, -0.2) is 4.68 Å². The van der Waals surface area contributed by atoms with E-state index in [4.69, 9.17) is 4.42 Å². The largest absolute Gasteiger partial charge is 0.467 e. The minimum atomic E-state index is -0.798. The first-order chi connectivity index (χ1) is 15.5. The van der Waals surface area contributed by atoms with Crippen LogP contribution in [0, 0.1) is 0 Å². The Morgan fingerprint density at radius 1 is 1.03 bits per heavy atom. The Kier molecular flexibility index (Phi) is 6.30. The number of hydrogen-bond acceptors (Lipinski definition) is 5. The van der Waals surface area contributed by atoms with Crippen LogP contribution in [0.15, 0.2) is 77.4 Å². The molecule has 8 nitrogen and oxygen atoms in total. The summed E-state index contributed by atoms with van der Waals surface area (Å²) in [4.78, 5) is 28.4. The summed E-state index contributed by atoms with van der Waals surface area (Å²) >= 11 is 0. The van der Waals surface area contributed by atoms with E-state index < -0.39 is 6.04 Å². The van der Waals surface area contributed by atoms with E-state index in [1.165, 1.54) is 0 Å². The summed E-state index contributed by atoms with van der Waals surface area (Å²) in [5, 5.41) is 11.2. The molecular formula is C24H25N5O3. The van der Waals surface area contributed by atoms with E-state index in [9.17, 15) is 9.59 Å². The average molecular weight is 431 g/mol. The van der Waals surface area contributed by atoms with Gasteiger partial charge in [0.25, 0.3) is 0 Å².